The van der Waals surface area contributed by atoms with Gasteiger partial charge in [0.15, 0.2) is 11.2 Å². The zero-order valence-electron chi connectivity index (χ0n) is 42.4. The van der Waals surface area contributed by atoms with Gasteiger partial charge in [0.1, 0.15) is 11.2 Å². The van der Waals surface area contributed by atoms with Crippen LogP contribution in [0.4, 0.5) is 0 Å². The average molecular weight is 998 g/mol. The van der Waals surface area contributed by atoms with Gasteiger partial charge in [-0.05, 0) is 104 Å². The Labute approximate surface area is 446 Å². The van der Waals surface area contributed by atoms with Crippen LogP contribution in [0.15, 0.2) is 233 Å². The van der Waals surface area contributed by atoms with Gasteiger partial charge in [0.25, 0.3) is 0 Å². The first kappa shape index (κ1) is 43.8. The van der Waals surface area contributed by atoms with Crippen LogP contribution in [0.5, 0.6) is 0 Å². The summed E-state index contributed by atoms with van der Waals surface area (Å²) in [5.74, 6) is 0. The first-order valence-corrected chi connectivity index (χ1v) is 26.3. The Hall–Kier alpha value is -10.6. The van der Waals surface area contributed by atoms with E-state index in [0.29, 0.717) is 11.1 Å². The van der Waals surface area contributed by atoms with E-state index in [4.69, 9.17) is 8.83 Å². The minimum Gasteiger partial charge on any atom is -0.454 e. The number of aromatic nitrogens is 3. The maximum absolute atomic E-state index is 10.7. The first-order valence-electron chi connectivity index (χ1n) is 26.3. The van der Waals surface area contributed by atoms with E-state index >= 15 is 0 Å². The van der Waals surface area contributed by atoms with Gasteiger partial charge >= 0.3 is 0 Å². The Morgan fingerprint density at radius 2 is 0.731 bits per heavy atom. The van der Waals surface area contributed by atoms with Crippen molar-refractivity contribution in [3.05, 3.63) is 241 Å². The molecule has 0 fully saturated rings. The normalized spacial score (nSPS) is 12.2. The molecule has 11 aromatic carbocycles. The Morgan fingerprint density at radius 3 is 1.17 bits per heavy atom. The summed E-state index contributed by atoms with van der Waals surface area (Å²) in [6.45, 7) is 4.71. The maximum atomic E-state index is 10.7. The van der Waals surface area contributed by atoms with Gasteiger partial charge < -0.3 is 22.5 Å². The predicted molar refractivity (Wildman–Crippen MR) is 318 cm³/mol. The molecule has 78 heavy (non-hydrogen) atoms. The van der Waals surface area contributed by atoms with Crippen molar-refractivity contribution in [2.24, 2.45) is 0 Å². The topological polar surface area (TPSA) is 88.7 Å². The largest absolute Gasteiger partial charge is 0.454 e. The minimum absolute atomic E-state index is 0.537. The lowest BCUT2D eigenvalue weighted by Crippen LogP contribution is -2.31. The van der Waals surface area contributed by atoms with E-state index in [1.165, 1.54) is 0 Å². The summed E-state index contributed by atoms with van der Waals surface area (Å²) in [6.07, 6.45) is 0. The third kappa shape index (κ3) is 5.96. The van der Waals surface area contributed by atoms with Gasteiger partial charge in [-0.3, -0.25) is 0 Å². The second-order valence-corrected chi connectivity index (χ2v) is 20.9. The Morgan fingerprint density at radius 1 is 0.359 bits per heavy atom. The van der Waals surface area contributed by atoms with Gasteiger partial charge in [0.2, 0.25) is 0 Å². The number of hydrogen-bond acceptors (Lipinski definition) is 4. The molecule has 364 valence electrons. The molecule has 5 aromatic heterocycles. The second kappa shape index (κ2) is 16.2. The Kier molecular flexibility index (Phi) is 9.09. The van der Waals surface area contributed by atoms with Crippen LogP contribution in [-0.2, 0) is 5.54 Å². The van der Waals surface area contributed by atoms with Crippen molar-refractivity contribution in [2.45, 2.75) is 19.4 Å². The zero-order valence-corrected chi connectivity index (χ0v) is 42.4. The highest BCUT2D eigenvalue weighted by atomic mass is 16.3. The van der Waals surface area contributed by atoms with Gasteiger partial charge in [-0.25, -0.2) is 0 Å². The first-order chi connectivity index (χ1) is 38.4. The van der Waals surface area contributed by atoms with Gasteiger partial charge in [0, 0.05) is 81.6 Å². The quantitative estimate of drug-likeness (QED) is 0.166. The number of para-hydroxylation sites is 6. The van der Waals surface area contributed by atoms with Gasteiger partial charge in [-0.15, -0.1) is 0 Å². The number of nitriles is 2. The molecular weight excluding hydrogens is 955 g/mol. The van der Waals surface area contributed by atoms with E-state index in [1.807, 2.05) is 60.7 Å². The molecule has 5 heterocycles. The molecule has 0 radical (unpaired) electrons. The SMILES string of the molecule is CC(C)(c1c(-n2c3ccccc3c3ccc4c5ccccc5oc4c32)c(-c2cccc(C#N)c2)cc(-c2cccc(C#N)c2)c1-n1c2ccccc2c2ccc3c4ccccc4oc3c21)n1c2ccccc2c2ccccc21. The number of furan rings is 2. The summed E-state index contributed by atoms with van der Waals surface area (Å²) in [5.41, 5.74) is 15.6. The van der Waals surface area contributed by atoms with E-state index in [2.05, 4.69) is 203 Å². The lowest BCUT2D eigenvalue weighted by molar-refractivity contribution is 0.462. The molecule has 0 saturated carbocycles. The lowest BCUT2D eigenvalue weighted by Gasteiger charge is -2.37. The van der Waals surface area contributed by atoms with E-state index in [1.54, 1.807) is 0 Å². The van der Waals surface area contributed by atoms with Crippen LogP contribution >= 0.6 is 0 Å². The lowest BCUT2D eigenvalue weighted by atomic mass is 9.82. The number of nitrogens with zero attached hydrogens (tertiary/aromatic N) is 5. The molecular formula is C71H43N5O2. The number of rotatable bonds is 6. The molecule has 0 aliphatic heterocycles. The van der Waals surface area contributed by atoms with Crippen LogP contribution in [0.25, 0.3) is 143 Å². The molecule has 16 aromatic rings. The Balaban J connectivity index is 1.24. The van der Waals surface area contributed by atoms with E-state index in [9.17, 15) is 10.5 Å². The summed E-state index contributed by atoms with van der Waals surface area (Å²) in [4.78, 5) is 0. The fourth-order valence-electron chi connectivity index (χ4n) is 13.2. The monoisotopic (exact) mass is 997 g/mol. The smallest absolute Gasteiger partial charge is 0.160 e. The summed E-state index contributed by atoms with van der Waals surface area (Å²) in [5, 5.41) is 32.1. The molecule has 0 amide bonds. The molecule has 0 aliphatic carbocycles. The summed E-state index contributed by atoms with van der Waals surface area (Å²) in [7, 11) is 0. The van der Waals surface area contributed by atoms with Gasteiger partial charge in [-0.1, -0.05) is 146 Å². The zero-order chi connectivity index (χ0) is 52.0. The molecule has 0 unspecified atom stereocenters. The third-order valence-electron chi connectivity index (χ3n) is 16.4. The van der Waals surface area contributed by atoms with Crippen LogP contribution in [0.3, 0.4) is 0 Å². The number of benzene rings is 11. The average Bonchev–Trinajstić information content (AvgIpc) is 4.34. The number of fused-ring (bicyclic) bond motifs is 17. The molecule has 0 saturated heterocycles. The highest BCUT2D eigenvalue weighted by Crippen LogP contribution is 2.53. The maximum Gasteiger partial charge on any atom is 0.160 e. The van der Waals surface area contributed by atoms with E-state index in [-0.39, 0.29) is 0 Å². The van der Waals surface area contributed by atoms with Crippen molar-refractivity contribution in [3.8, 4) is 45.8 Å². The van der Waals surface area contributed by atoms with Crippen molar-refractivity contribution in [1.29, 1.82) is 10.5 Å². The molecule has 7 nitrogen and oxygen atoms in total. The minimum atomic E-state index is -0.948. The van der Waals surface area contributed by atoms with Crippen LogP contribution in [0.1, 0.15) is 30.5 Å². The van der Waals surface area contributed by atoms with Gasteiger partial charge in [-0.2, -0.15) is 10.5 Å². The van der Waals surface area contributed by atoms with Crippen molar-refractivity contribution < 1.29 is 8.83 Å². The van der Waals surface area contributed by atoms with Crippen molar-refractivity contribution >= 4 is 109 Å². The van der Waals surface area contributed by atoms with E-state index < -0.39 is 5.54 Å². The van der Waals surface area contributed by atoms with E-state index in [0.717, 1.165) is 148 Å². The van der Waals surface area contributed by atoms with Crippen LogP contribution in [-0.4, -0.2) is 13.7 Å². The molecule has 0 aliphatic rings. The predicted octanol–water partition coefficient (Wildman–Crippen LogP) is 18.6. The number of hydrogen-bond donors (Lipinski definition) is 0. The highest BCUT2D eigenvalue weighted by Gasteiger charge is 2.39. The molecule has 0 N–H and O–H groups in total. The van der Waals surface area contributed by atoms with Gasteiger partial charge in [0.05, 0.1) is 62.2 Å². The van der Waals surface area contributed by atoms with Crippen molar-refractivity contribution in [1.82, 2.24) is 13.7 Å². The van der Waals surface area contributed by atoms with Crippen molar-refractivity contribution in [2.75, 3.05) is 0 Å². The standard InChI is InChI=1S/C71H43N5O2/c1-71(2,76-60-29-11-5-21-46(60)47-22-6-12-30-61(47)76)64-65(74-58-27-9-3-23-48(58)52-33-35-54-50-25-7-13-31-62(50)77-69(54)67(52)74)56(44-19-15-17-42(37-44)40-72)39-57(45-20-16-18-43(38-45)41-73)66(64)75-59-28-10-4-24-49(59)53-34-36-55-51-26-8-14-32-63(51)78-70(55)68(53)75/h3-39H,1-2H3. The molecule has 0 bridgehead atoms. The van der Waals surface area contributed by atoms with Crippen LogP contribution in [0.2, 0.25) is 0 Å². The molecule has 16 rings (SSSR count). The second-order valence-electron chi connectivity index (χ2n) is 20.9. The fourth-order valence-corrected chi connectivity index (χ4v) is 13.2. The fraction of sp³-hybridized carbons (Fsp3) is 0.0423. The summed E-state index contributed by atoms with van der Waals surface area (Å²) < 4.78 is 21.7. The van der Waals surface area contributed by atoms with Crippen molar-refractivity contribution in [3.63, 3.8) is 0 Å². The molecule has 0 atom stereocenters. The molecule has 7 heteroatoms. The summed E-state index contributed by atoms with van der Waals surface area (Å²) >= 11 is 0. The highest BCUT2D eigenvalue weighted by molar-refractivity contribution is 6.24. The Bertz CT molecular complexity index is 5030. The third-order valence-corrected chi connectivity index (χ3v) is 16.4. The summed E-state index contributed by atoms with van der Waals surface area (Å²) in [6, 6.07) is 83.5. The van der Waals surface area contributed by atoms with Crippen LogP contribution in [0, 0.1) is 22.7 Å². The van der Waals surface area contributed by atoms with Crippen LogP contribution < -0.4 is 0 Å². The molecule has 0 spiro atoms.